The van der Waals surface area contributed by atoms with Crippen LogP contribution >= 0.6 is 0 Å². The van der Waals surface area contributed by atoms with Crippen molar-refractivity contribution in [1.29, 1.82) is 0 Å². The second kappa shape index (κ2) is 7.64. The van der Waals surface area contributed by atoms with Crippen LogP contribution in [0.2, 0.25) is 0 Å². The van der Waals surface area contributed by atoms with E-state index in [4.69, 9.17) is 0 Å². The number of rotatable bonds is 5. The van der Waals surface area contributed by atoms with Crippen LogP contribution < -0.4 is 0 Å². The molecule has 0 unspecified atom stereocenters. The second-order valence-corrected chi connectivity index (χ2v) is 8.74. The molecule has 2 heterocycles. The van der Waals surface area contributed by atoms with Crippen LogP contribution in [0.5, 0.6) is 0 Å². The molecule has 1 N–H and O–H groups in total. The van der Waals surface area contributed by atoms with Gasteiger partial charge in [-0.05, 0) is 61.7 Å². The van der Waals surface area contributed by atoms with Gasteiger partial charge in [0.2, 0.25) is 0 Å². The van der Waals surface area contributed by atoms with Gasteiger partial charge in [0, 0.05) is 19.0 Å². The maximum absolute atomic E-state index is 11.5. The zero-order valence-electron chi connectivity index (χ0n) is 14.4. The van der Waals surface area contributed by atoms with Gasteiger partial charge in [0.1, 0.15) is 0 Å². The molecule has 1 atom stereocenters. The van der Waals surface area contributed by atoms with E-state index in [0.29, 0.717) is 4.90 Å². The minimum absolute atomic E-state index is 0.235. The second-order valence-electron chi connectivity index (χ2n) is 6.73. The Labute approximate surface area is 149 Å². The molecule has 1 saturated heterocycles. The number of piperidine rings is 1. The minimum atomic E-state index is -3.14. The van der Waals surface area contributed by atoms with Crippen LogP contribution in [-0.4, -0.2) is 42.8 Å². The Bertz CT molecular complexity index is 783. The molecule has 1 aromatic carbocycles. The van der Waals surface area contributed by atoms with Crippen LogP contribution in [0, 0.1) is 5.92 Å². The van der Waals surface area contributed by atoms with Crippen LogP contribution in [0.1, 0.15) is 30.2 Å². The topological polar surface area (TPSA) is 70.5 Å². The van der Waals surface area contributed by atoms with Crippen LogP contribution in [0.15, 0.2) is 53.6 Å². The maximum atomic E-state index is 11.5. The third kappa shape index (κ3) is 4.66. The fourth-order valence-corrected chi connectivity index (χ4v) is 3.95. The van der Waals surface area contributed by atoms with Gasteiger partial charge in [-0.15, -0.1) is 0 Å². The number of hydrogen-bond acceptors (Lipinski definition) is 5. The summed E-state index contributed by atoms with van der Waals surface area (Å²) in [6.45, 7) is 2.64. The lowest BCUT2D eigenvalue weighted by atomic mass is 9.89. The van der Waals surface area contributed by atoms with E-state index in [-0.39, 0.29) is 5.92 Å². The zero-order valence-corrected chi connectivity index (χ0v) is 15.2. The number of aliphatic hydroxyl groups is 1. The first-order chi connectivity index (χ1) is 11.9. The van der Waals surface area contributed by atoms with Crippen LogP contribution in [0.4, 0.5) is 0 Å². The van der Waals surface area contributed by atoms with E-state index < -0.39 is 15.9 Å². The van der Waals surface area contributed by atoms with E-state index in [9.17, 15) is 13.5 Å². The molecule has 0 aliphatic carbocycles. The standard InChI is InChI=1S/C19H24N2O3S/c1-25(23,24)17-7-5-15(6-8-17)14-21-12-9-16(10-13-21)19(22)18-4-2-3-11-20-18/h2-8,11,16,19,22H,9-10,12-14H2,1H3/t19-/m1/s1. The quantitative estimate of drug-likeness (QED) is 0.887. The van der Waals surface area contributed by atoms with Gasteiger partial charge in [-0.3, -0.25) is 9.88 Å². The molecule has 0 radical (unpaired) electrons. The lowest BCUT2D eigenvalue weighted by Crippen LogP contribution is -2.35. The number of benzene rings is 1. The molecule has 0 bridgehead atoms. The maximum Gasteiger partial charge on any atom is 0.175 e. The number of sulfone groups is 1. The Morgan fingerprint density at radius 1 is 1.16 bits per heavy atom. The fraction of sp³-hybridized carbons (Fsp3) is 0.421. The van der Waals surface area contributed by atoms with Crippen molar-refractivity contribution in [2.24, 2.45) is 5.92 Å². The summed E-state index contributed by atoms with van der Waals surface area (Å²) in [4.78, 5) is 6.96. The largest absolute Gasteiger partial charge is 0.387 e. The first kappa shape index (κ1) is 18.0. The van der Waals surface area contributed by atoms with Gasteiger partial charge in [0.25, 0.3) is 0 Å². The minimum Gasteiger partial charge on any atom is -0.387 e. The highest BCUT2D eigenvalue weighted by atomic mass is 32.2. The number of nitrogens with zero attached hydrogens (tertiary/aromatic N) is 2. The van der Waals surface area contributed by atoms with Crippen LogP contribution in [0.3, 0.4) is 0 Å². The third-order valence-corrected chi connectivity index (χ3v) is 5.96. The molecule has 1 aliphatic heterocycles. The van der Waals surface area contributed by atoms with E-state index in [1.54, 1.807) is 18.3 Å². The summed E-state index contributed by atoms with van der Waals surface area (Å²) in [6, 6.07) is 12.7. The average Bonchev–Trinajstić information content (AvgIpc) is 2.62. The average molecular weight is 360 g/mol. The van der Waals surface area contributed by atoms with Crippen molar-refractivity contribution in [2.75, 3.05) is 19.3 Å². The molecule has 134 valence electrons. The molecular formula is C19H24N2O3S. The van der Waals surface area contributed by atoms with Gasteiger partial charge in [0.15, 0.2) is 9.84 Å². The normalized spacial score (nSPS) is 18.2. The molecule has 1 aliphatic rings. The molecule has 5 nitrogen and oxygen atoms in total. The lowest BCUT2D eigenvalue weighted by Gasteiger charge is -2.34. The first-order valence-electron chi connectivity index (χ1n) is 8.54. The molecule has 0 amide bonds. The molecule has 6 heteroatoms. The summed E-state index contributed by atoms with van der Waals surface area (Å²) in [5, 5.41) is 10.5. The van der Waals surface area contributed by atoms with Crippen molar-refractivity contribution < 1.29 is 13.5 Å². The van der Waals surface area contributed by atoms with E-state index in [0.717, 1.165) is 43.7 Å². The van der Waals surface area contributed by atoms with Crippen molar-refractivity contribution in [2.45, 2.75) is 30.4 Å². The van der Waals surface area contributed by atoms with Crippen molar-refractivity contribution in [3.63, 3.8) is 0 Å². The van der Waals surface area contributed by atoms with Gasteiger partial charge < -0.3 is 5.11 Å². The van der Waals surface area contributed by atoms with E-state index >= 15 is 0 Å². The third-order valence-electron chi connectivity index (χ3n) is 4.83. The van der Waals surface area contributed by atoms with Crippen LogP contribution in [-0.2, 0) is 16.4 Å². The highest BCUT2D eigenvalue weighted by Crippen LogP contribution is 2.30. The number of likely N-dealkylation sites (tertiary alicyclic amines) is 1. The summed E-state index contributed by atoms with van der Waals surface area (Å²) in [5.74, 6) is 0.235. The number of aromatic nitrogens is 1. The van der Waals surface area contributed by atoms with Gasteiger partial charge in [-0.2, -0.15) is 0 Å². The Kier molecular flexibility index (Phi) is 5.51. The van der Waals surface area contributed by atoms with E-state index in [1.807, 2.05) is 30.3 Å². The van der Waals surface area contributed by atoms with Gasteiger partial charge in [-0.25, -0.2) is 8.42 Å². The van der Waals surface area contributed by atoms with Gasteiger partial charge in [0.05, 0.1) is 16.7 Å². The van der Waals surface area contributed by atoms with Gasteiger partial charge in [-0.1, -0.05) is 18.2 Å². The van der Waals surface area contributed by atoms with Crippen molar-refractivity contribution in [3.05, 3.63) is 59.9 Å². The highest BCUT2D eigenvalue weighted by molar-refractivity contribution is 7.90. The van der Waals surface area contributed by atoms with Crippen molar-refractivity contribution in [1.82, 2.24) is 9.88 Å². The van der Waals surface area contributed by atoms with Crippen molar-refractivity contribution >= 4 is 9.84 Å². The van der Waals surface area contributed by atoms with Crippen molar-refractivity contribution in [3.8, 4) is 0 Å². The zero-order chi connectivity index (χ0) is 17.9. The van der Waals surface area contributed by atoms with E-state index in [1.165, 1.54) is 6.26 Å². The molecule has 1 fully saturated rings. The Balaban J connectivity index is 1.54. The molecule has 1 aromatic heterocycles. The predicted molar refractivity (Wildman–Crippen MR) is 96.7 cm³/mol. The SMILES string of the molecule is CS(=O)(=O)c1ccc(CN2CCC([C@@H](O)c3ccccn3)CC2)cc1. The molecule has 3 rings (SSSR count). The molecule has 0 spiro atoms. The highest BCUT2D eigenvalue weighted by Gasteiger charge is 2.26. The lowest BCUT2D eigenvalue weighted by molar-refractivity contribution is 0.0540. The Morgan fingerprint density at radius 3 is 2.40 bits per heavy atom. The molecule has 2 aromatic rings. The Hall–Kier alpha value is -1.76. The molecule has 25 heavy (non-hydrogen) atoms. The number of aliphatic hydroxyl groups excluding tert-OH is 1. The fourth-order valence-electron chi connectivity index (χ4n) is 3.32. The molecule has 0 saturated carbocycles. The number of pyridine rings is 1. The monoisotopic (exact) mass is 360 g/mol. The van der Waals surface area contributed by atoms with Crippen LogP contribution in [0.25, 0.3) is 0 Å². The summed E-state index contributed by atoms with van der Waals surface area (Å²) in [5.41, 5.74) is 1.86. The summed E-state index contributed by atoms with van der Waals surface area (Å²) in [6.07, 6.45) is 4.30. The van der Waals surface area contributed by atoms with Gasteiger partial charge >= 0.3 is 0 Å². The summed E-state index contributed by atoms with van der Waals surface area (Å²) < 4.78 is 23.0. The predicted octanol–water partition coefficient (Wildman–Crippen LogP) is 2.43. The van der Waals surface area contributed by atoms with E-state index in [2.05, 4.69) is 9.88 Å². The summed E-state index contributed by atoms with van der Waals surface area (Å²) >= 11 is 0. The number of hydrogen-bond donors (Lipinski definition) is 1. The Morgan fingerprint density at radius 2 is 1.84 bits per heavy atom. The first-order valence-corrected chi connectivity index (χ1v) is 10.4. The molecular weight excluding hydrogens is 336 g/mol. The smallest absolute Gasteiger partial charge is 0.175 e. The summed E-state index contributed by atoms with van der Waals surface area (Å²) in [7, 11) is -3.14.